The van der Waals surface area contributed by atoms with Crippen LogP contribution in [0.5, 0.6) is 0 Å². The van der Waals surface area contributed by atoms with Gasteiger partial charge in [-0.1, -0.05) is 24.3 Å². The van der Waals surface area contributed by atoms with Gasteiger partial charge in [-0.05, 0) is 35.4 Å². The van der Waals surface area contributed by atoms with Crippen molar-refractivity contribution in [3.05, 3.63) is 65.4 Å². The van der Waals surface area contributed by atoms with Gasteiger partial charge in [-0.15, -0.1) is 5.76 Å². The second-order valence-corrected chi connectivity index (χ2v) is 11.1. The van der Waals surface area contributed by atoms with E-state index in [1.54, 1.807) is 28.4 Å². The van der Waals surface area contributed by atoms with Crippen molar-refractivity contribution in [1.29, 1.82) is 0 Å². The molecule has 1 unspecified atom stereocenters. The average Bonchev–Trinajstić information content (AvgIpc) is 3.10. The summed E-state index contributed by atoms with van der Waals surface area (Å²) >= 11 is 0. The molecule has 0 spiro atoms. The van der Waals surface area contributed by atoms with Crippen LogP contribution in [0.15, 0.2) is 54.3 Å². The molecule has 2 aromatic carbocycles. The van der Waals surface area contributed by atoms with Crippen LogP contribution in [-0.2, 0) is 42.7 Å². The minimum Gasteiger partial charge on any atom is -0.874 e. The highest BCUT2D eigenvalue weighted by molar-refractivity contribution is 6.31. The molecular weight excluding hydrogens is 620 g/mol. The number of ketones is 1. The van der Waals surface area contributed by atoms with E-state index in [4.69, 9.17) is 37.9 Å². The predicted octanol–water partition coefficient (Wildman–Crippen LogP) is 2.39. The molecule has 0 fully saturated rings. The standard InChI is InChI=1S/C36H54N2O10/c1-41-21-25-45-17-13-37(14-18-46-26-22-42-2)31-9-5-29(6-10-31)33-35(39)34(36(33)40)30-7-11-32(12-8-30)38(15-19-47-27-23-43-3)16-20-48-28-24-44-4/h5-12,33,39H,13-28H2,1-4H3/p-1. The lowest BCUT2D eigenvalue weighted by Gasteiger charge is -2.37. The summed E-state index contributed by atoms with van der Waals surface area (Å²) in [5.74, 6) is -1.11. The van der Waals surface area contributed by atoms with Gasteiger partial charge in [0.15, 0.2) is 5.78 Å². The minimum atomic E-state index is -0.790. The summed E-state index contributed by atoms with van der Waals surface area (Å²) in [4.78, 5) is 17.7. The number of rotatable bonds is 28. The Labute approximate surface area is 285 Å². The van der Waals surface area contributed by atoms with E-state index in [9.17, 15) is 9.90 Å². The molecule has 0 N–H and O–H groups in total. The van der Waals surface area contributed by atoms with Crippen molar-refractivity contribution in [2.45, 2.75) is 5.92 Å². The molecule has 0 amide bonds. The first-order chi connectivity index (χ1) is 23.5. The summed E-state index contributed by atoms with van der Waals surface area (Å²) in [6, 6.07) is 15.2. The monoisotopic (exact) mass is 673 g/mol. The number of hydrogen-bond donors (Lipinski definition) is 0. The highest BCUT2D eigenvalue weighted by Gasteiger charge is 2.35. The third kappa shape index (κ3) is 12.8. The quantitative estimate of drug-likeness (QED) is 0.123. The SMILES string of the molecule is COCCOCCN(CCOCCOC)c1ccc(C2=C([O-])C(c3ccc(N(CCOCCOC)CCOCCOC)cc3)C2=O)cc1. The Kier molecular flexibility index (Phi) is 19.1. The predicted molar refractivity (Wildman–Crippen MR) is 183 cm³/mol. The van der Waals surface area contributed by atoms with Gasteiger partial charge in [-0.3, -0.25) is 4.79 Å². The molecule has 1 atom stereocenters. The number of Topliss-reactive ketones (excluding diaryl/α,β-unsaturated/α-hetero) is 1. The zero-order valence-corrected chi connectivity index (χ0v) is 29.0. The van der Waals surface area contributed by atoms with Gasteiger partial charge in [0.05, 0.1) is 85.2 Å². The molecule has 2 aromatic rings. The van der Waals surface area contributed by atoms with E-state index in [-0.39, 0.29) is 17.1 Å². The Morgan fingerprint density at radius 1 is 0.521 bits per heavy atom. The smallest absolute Gasteiger partial charge is 0.173 e. The number of carbonyl (C=O) groups is 1. The zero-order chi connectivity index (χ0) is 34.4. The van der Waals surface area contributed by atoms with Crippen molar-refractivity contribution in [3.63, 3.8) is 0 Å². The number of nitrogens with zero attached hydrogens (tertiary/aromatic N) is 2. The first-order valence-electron chi connectivity index (χ1n) is 16.5. The molecule has 12 heteroatoms. The van der Waals surface area contributed by atoms with Gasteiger partial charge in [0.25, 0.3) is 0 Å². The van der Waals surface area contributed by atoms with Crippen LogP contribution >= 0.6 is 0 Å². The highest BCUT2D eigenvalue weighted by atomic mass is 16.5. The summed E-state index contributed by atoms with van der Waals surface area (Å²) in [5.41, 5.74) is 3.48. The molecule has 0 bridgehead atoms. The number of methoxy groups -OCH3 is 4. The first kappa shape index (κ1) is 39.4. The second-order valence-electron chi connectivity index (χ2n) is 11.1. The van der Waals surface area contributed by atoms with E-state index in [2.05, 4.69) is 9.80 Å². The van der Waals surface area contributed by atoms with Crippen LogP contribution < -0.4 is 14.9 Å². The molecule has 3 rings (SSSR count). The van der Waals surface area contributed by atoms with Crippen LogP contribution in [0.1, 0.15) is 17.0 Å². The fraction of sp³-hybridized carbons (Fsp3) is 0.583. The normalized spacial score (nSPS) is 14.4. The number of hydrogen-bond acceptors (Lipinski definition) is 12. The Morgan fingerprint density at radius 2 is 0.875 bits per heavy atom. The fourth-order valence-electron chi connectivity index (χ4n) is 5.17. The van der Waals surface area contributed by atoms with Crippen LogP contribution in [0.3, 0.4) is 0 Å². The molecule has 48 heavy (non-hydrogen) atoms. The van der Waals surface area contributed by atoms with Crippen molar-refractivity contribution >= 4 is 22.7 Å². The Hall–Kier alpha value is -3.07. The highest BCUT2D eigenvalue weighted by Crippen LogP contribution is 2.42. The van der Waals surface area contributed by atoms with Crippen molar-refractivity contribution in [2.75, 3.05) is 144 Å². The zero-order valence-electron chi connectivity index (χ0n) is 29.0. The van der Waals surface area contributed by atoms with Crippen LogP contribution in [-0.4, -0.2) is 140 Å². The fourth-order valence-corrected chi connectivity index (χ4v) is 5.17. The number of benzene rings is 2. The van der Waals surface area contributed by atoms with Crippen molar-refractivity contribution in [1.82, 2.24) is 0 Å². The van der Waals surface area contributed by atoms with E-state index in [0.717, 1.165) is 11.4 Å². The molecule has 268 valence electrons. The van der Waals surface area contributed by atoms with Crippen LogP contribution in [0.4, 0.5) is 11.4 Å². The summed E-state index contributed by atoms with van der Waals surface area (Å²) in [5, 5.41) is 13.3. The molecular formula is C36H53N2O10-. The van der Waals surface area contributed by atoms with E-state index in [0.29, 0.717) is 117 Å². The molecule has 1 aliphatic carbocycles. The number of allylic oxidation sites excluding steroid dienone is 2. The summed E-state index contributed by atoms with van der Waals surface area (Å²) in [6.45, 7) is 8.98. The topological polar surface area (TPSA) is 120 Å². The summed E-state index contributed by atoms with van der Waals surface area (Å²) in [6.07, 6.45) is 0. The maximum atomic E-state index is 13.3. The van der Waals surface area contributed by atoms with E-state index >= 15 is 0 Å². The Balaban J connectivity index is 1.65. The van der Waals surface area contributed by atoms with Gasteiger partial charge in [-0.25, -0.2) is 0 Å². The molecule has 1 aliphatic rings. The van der Waals surface area contributed by atoms with Gasteiger partial charge < -0.3 is 52.8 Å². The van der Waals surface area contributed by atoms with E-state index in [1.807, 2.05) is 48.5 Å². The van der Waals surface area contributed by atoms with E-state index < -0.39 is 5.92 Å². The number of anilines is 2. The molecule has 0 saturated heterocycles. The number of carbonyl (C=O) groups excluding carboxylic acids is 1. The third-order valence-corrected chi connectivity index (χ3v) is 7.88. The van der Waals surface area contributed by atoms with Crippen LogP contribution in [0.25, 0.3) is 5.57 Å². The third-order valence-electron chi connectivity index (χ3n) is 7.88. The lowest BCUT2D eigenvalue weighted by atomic mass is 9.75. The summed E-state index contributed by atoms with van der Waals surface area (Å²) in [7, 11) is 6.58. The second kappa shape index (κ2) is 23.3. The molecule has 0 aliphatic heterocycles. The maximum Gasteiger partial charge on any atom is 0.173 e. The van der Waals surface area contributed by atoms with Gasteiger partial charge in [0, 0.05) is 71.6 Å². The average molecular weight is 674 g/mol. The van der Waals surface area contributed by atoms with Gasteiger partial charge in [0.1, 0.15) is 0 Å². The lowest BCUT2D eigenvalue weighted by Crippen LogP contribution is -2.35. The minimum absolute atomic E-state index is 0.162. The molecule has 12 nitrogen and oxygen atoms in total. The molecule has 0 heterocycles. The lowest BCUT2D eigenvalue weighted by molar-refractivity contribution is -0.310. The van der Waals surface area contributed by atoms with Gasteiger partial charge in [-0.2, -0.15) is 0 Å². The Bertz CT molecular complexity index is 1160. The largest absolute Gasteiger partial charge is 0.874 e. The van der Waals surface area contributed by atoms with Gasteiger partial charge in [0.2, 0.25) is 0 Å². The first-order valence-corrected chi connectivity index (χ1v) is 16.5. The van der Waals surface area contributed by atoms with Gasteiger partial charge >= 0.3 is 0 Å². The van der Waals surface area contributed by atoms with E-state index in [1.165, 1.54) is 0 Å². The van der Waals surface area contributed by atoms with Crippen molar-refractivity contribution < 1.29 is 47.8 Å². The number of ether oxygens (including phenoxy) is 8. The van der Waals surface area contributed by atoms with Crippen LogP contribution in [0, 0.1) is 0 Å². The van der Waals surface area contributed by atoms with Crippen LogP contribution in [0.2, 0.25) is 0 Å². The molecule has 0 radical (unpaired) electrons. The van der Waals surface area contributed by atoms with Crippen molar-refractivity contribution in [2.24, 2.45) is 0 Å². The maximum absolute atomic E-state index is 13.3. The Morgan fingerprint density at radius 3 is 1.21 bits per heavy atom. The molecule has 0 saturated carbocycles. The molecule has 0 aromatic heterocycles. The summed E-state index contributed by atoms with van der Waals surface area (Å²) < 4.78 is 42.9. The van der Waals surface area contributed by atoms with Crippen molar-refractivity contribution in [3.8, 4) is 0 Å².